The first-order valence-corrected chi connectivity index (χ1v) is 9.52. The van der Waals surface area contributed by atoms with Gasteiger partial charge >= 0.3 is 0 Å². The van der Waals surface area contributed by atoms with E-state index in [1.807, 2.05) is 6.07 Å². The van der Waals surface area contributed by atoms with Crippen LogP contribution in [0.25, 0.3) is 0 Å². The van der Waals surface area contributed by atoms with E-state index in [9.17, 15) is 24.0 Å². The quantitative estimate of drug-likeness (QED) is 0.717. The number of nitrogens with one attached hydrogen (secondary N) is 2. The standard InChI is InChI=1S/C22H16N4O5/c23-11-13-4-1-3-12(9-13)10-18(28)24-15-6-2-5-14-19(15)22(31)26(21(14)30)16-7-8-17(27)25-20(16)29/h1-6,9,16H,7-8,10H2,(H,24,28)(H,25,27,29). The first kappa shape index (κ1) is 20.0. The molecule has 31 heavy (non-hydrogen) atoms. The van der Waals surface area contributed by atoms with Crippen molar-refractivity contribution in [3.05, 3.63) is 64.7 Å². The van der Waals surface area contributed by atoms with Crippen LogP contribution in [0.5, 0.6) is 0 Å². The third-order valence-corrected chi connectivity index (χ3v) is 5.16. The Morgan fingerprint density at radius 1 is 1.13 bits per heavy atom. The average Bonchev–Trinajstić information content (AvgIpc) is 2.99. The third-order valence-electron chi connectivity index (χ3n) is 5.16. The molecule has 154 valence electrons. The van der Waals surface area contributed by atoms with Crippen LogP contribution in [0.4, 0.5) is 5.69 Å². The number of benzene rings is 2. The van der Waals surface area contributed by atoms with E-state index in [1.54, 1.807) is 24.3 Å². The fourth-order valence-corrected chi connectivity index (χ4v) is 3.75. The van der Waals surface area contributed by atoms with Gasteiger partial charge in [-0.25, -0.2) is 0 Å². The maximum atomic E-state index is 13.0. The van der Waals surface area contributed by atoms with Crippen LogP contribution in [0.1, 0.15) is 44.7 Å². The highest BCUT2D eigenvalue weighted by Crippen LogP contribution is 2.32. The summed E-state index contributed by atoms with van der Waals surface area (Å²) in [7, 11) is 0. The van der Waals surface area contributed by atoms with Gasteiger partial charge in [0, 0.05) is 6.42 Å². The summed E-state index contributed by atoms with van der Waals surface area (Å²) in [4.78, 5) is 62.8. The van der Waals surface area contributed by atoms with Crippen LogP contribution in [0.3, 0.4) is 0 Å². The Kier molecular flexibility index (Phi) is 5.05. The average molecular weight is 416 g/mol. The lowest BCUT2D eigenvalue weighted by Gasteiger charge is -2.27. The molecule has 0 saturated carbocycles. The third kappa shape index (κ3) is 3.67. The lowest BCUT2D eigenvalue weighted by atomic mass is 10.0. The molecule has 1 saturated heterocycles. The number of anilines is 1. The molecular formula is C22H16N4O5. The highest BCUT2D eigenvalue weighted by Gasteiger charge is 2.45. The number of carbonyl (C=O) groups excluding carboxylic acids is 5. The molecule has 0 radical (unpaired) electrons. The summed E-state index contributed by atoms with van der Waals surface area (Å²) in [6.07, 6.45) is 0.0421. The second-order valence-corrected chi connectivity index (χ2v) is 7.21. The molecule has 0 aliphatic carbocycles. The van der Waals surface area contributed by atoms with Gasteiger partial charge in [0.1, 0.15) is 6.04 Å². The van der Waals surface area contributed by atoms with Crippen molar-refractivity contribution in [1.29, 1.82) is 5.26 Å². The monoisotopic (exact) mass is 416 g/mol. The Morgan fingerprint density at radius 3 is 2.65 bits per heavy atom. The normalized spacial score (nSPS) is 17.8. The molecule has 2 aliphatic heterocycles. The summed E-state index contributed by atoms with van der Waals surface area (Å²) in [6.45, 7) is 0. The number of fused-ring (bicyclic) bond motifs is 1. The second kappa shape index (κ2) is 7.84. The molecule has 0 bridgehead atoms. The van der Waals surface area contributed by atoms with E-state index in [4.69, 9.17) is 5.26 Å². The van der Waals surface area contributed by atoms with Gasteiger partial charge in [-0.15, -0.1) is 0 Å². The van der Waals surface area contributed by atoms with Crippen molar-refractivity contribution >= 4 is 35.2 Å². The number of rotatable bonds is 4. The summed E-state index contributed by atoms with van der Waals surface area (Å²) in [5.41, 5.74) is 1.30. The van der Waals surface area contributed by atoms with E-state index in [2.05, 4.69) is 10.6 Å². The van der Waals surface area contributed by atoms with Crippen molar-refractivity contribution in [1.82, 2.24) is 10.2 Å². The molecule has 5 amide bonds. The van der Waals surface area contributed by atoms with Gasteiger partial charge in [-0.3, -0.25) is 34.2 Å². The smallest absolute Gasteiger partial charge is 0.264 e. The maximum Gasteiger partial charge on any atom is 0.264 e. The summed E-state index contributed by atoms with van der Waals surface area (Å²) < 4.78 is 0. The van der Waals surface area contributed by atoms with Crippen LogP contribution in [0.15, 0.2) is 42.5 Å². The zero-order valence-corrected chi connectivity index (χ0v) is 16.2. The zero-order valence-electron chi connectivity index (χ0n) is 16.2. The minimum Gasteiger partial charge on any atom is -0.325 e. The van der Waals surface area contributed by atoms with Crippen LogP contribution in [0, 0.1) is 11.3 Å². The zero-order chi connectivity index (χ0) is 22.1. The van der Waals surface area contributed by atoms with E-state index in [0.29, 0.717) is 11.1 Å². The summed E-state index contributed by atoms with van der Waals surface area (Å²) >= 11 is 0. The first-order valence-electron chi connectivity index (χ1n) is 9.52. The highest BCUT2D eigenvalue weighted by atomic mass is 16.2. The van der Waals surface area contributed by atoms with Crippen molar-refractivity contribution in [2.75, 3.05) is 5.32 Å². The predicted octanol–water partition coefficient (Wildman–Crippen LogP) is 1.14. The van der Waals surface area contributed by atoms with Gasteiger partial charge < -0.3 is 5.32 Å². The Bertz CT molecular complexity index is 1200. The van der Waals surface area contributed by atoms with Crippen LogP contribution < -0.4 is 10.6 Å². The number of carbonyl (C=O) groups is 5. The molecule has 0 aromatic heterocycles. The van der Waals surface area contributed by atoms with E-state index in [0.717, 1.165) is 4.90 Å². The van der Waals surface area contributed by atoms with Crippen molar-refractivity contribution in [2.24, 2.45) is 0 Å². The summed E-state index contributed by atoms with van der Waals surface area (Å²) in [5, 5.41) is 13.8. The van der Waals surface area contributed by atoms with Crippen molar-refractivity contribution < 1.29 is 24.0 Å². The number of hydrogen-bond donors (Lipinski definition) is 2. The highest BCUT2D eigenvalue weighted by molar-refractivity contribution is 6.26. The van der Waals surface area contributed by atoms with Crippen LogP contribution >= 0.6 is 0 Å². The molecular weight excluding hydrogens is 400 g/mol. The van der Waals surface area contributed by atoms with E-state index >= 15 is 0 Å². The van der Waals surface area contributed by atoms with Gasteiger partial charge in [-0.05, 0) is 36.2 Å². The minimum atomic E-state index is -1.08. The fourth-order valence-electron chi connectivity index (χ4n) is 3.75. The molecule has 1 fully saturated rings. The Morgan fingerprint density at radius 2 is 1.90 bits per heavy atom. The van der Waals surface area contributed by atoms with Crippen molar-refractivity contribution in [3.63, 3.8) is 0 Å². The second-order valence-electron chi connectivity index (χ2n) is 7.21. The summed E-state index contributed by atoms with van der Waals surface area (Å²) in [5.74, 6) is -2.92. The number of imide groups is 2. The van der Waals surface area contributed by atoms with Crippen LogP contribution in [-0.2, 0) is 20.8 Å². The number of piperidine rings is 1. The van der Waals surface area contributed by atoms with E-state index in [1.165, 1.54) is 18.2 Å². The molecule has 9 heteroatoms. The lowest BCUT2D eigenvalue weighted by molar-refractivity contribution is -0.136. The molecule has 9 nitrogen and oxygen atoms in total. The molecule has 0 spiro atoms. The van der Waals surface area contributed by atoms with Crippen molar-refractivity contribution in [2.45, 2.75) is 25.3 Å². The SMILES string of the molecule is N#Cc1cccc(CC(=O)Nc2cccc3c2C(=O)N(C2CCC(=O)NC2=O)C3=O)c1. The number of nitriles is 1. The molecule has 2 aliphatic rings. The van der Waals surface area contributed by atoms with Gasteiger partial charge in [0.05, 0.1) is 34.9 Å². The molecule has 2 aromatic carbocycles. The van der Waals surface area contributed by atoms with Gasteiger partial charge in [-0.2, -0.15) is 5.26 Å². The van der Waals surface area contributed by atoms with Crippen LogP contribution in [0.2, 0.25) is 0 Å². The minimum absolute atomic E-state index is 0.0105. The summed E-state index contributed by atoms with van der Waals surface area (Å²) in [6, 6.07) is 12.0. The largest absolute Gasteiger partial charge is 0.325 e. The molecule has 2 aromatic rings. The van der Waals surface area contributed by atoms with E-state index in [-0.39, 0.29) is 36.1 Å². The molecule has 1 unspecified atom stereocenters. The Labute approximate surface area is 176 Å². The maximum absolute atomic E-state index is 13.0. The fraction of sp³-hybridized carbons (Fsp3) is 0.182. The predicted molar refractivity (Wildman–Crippen MR) is 107 cm³/mol. The number of amides is 5. The van der Waals surface area contributed by atoms with Gasteiger partial charge in [0.2, 0.25) is 17.7 Å². The van der Waals surface area contributed by atoms with Crippen LogP contribution in [-0.4, -0.2) is 40.5 Å². The lowest BCUT2D eigenvalue weighted by Crippen LogP contribution is -2.54. The van der Waals surface area contributed by atoms with Crippen molar-refractivity contribution in [3.8, 4) is 6.07 Å². The Hall–Kier alpha value is -4.32. The topological polar surface area (TPSA) is 136 Å². The number of nitrogens with zero attached hydrogens (tertiary/aromatic N) is 2. The number of hydrogen-bond acceptors (Lipinski definition) is 6. The molecule has 2 heterocycles. The van der Waals surface area contributed by atoms with Gasteiger partial charge in [-0.1, -0.05) is 18.2 Å². The first-order chi connectivity index (χ1) is 14.9. The van der Waals surface area contributed by atoms with E-state index < -0.39 is 35.6 Å². The van der Waals surface area contributed by atoms with Gasteiger partial charge in [0.15, 0.2) is 0 Å². The molecule has 4 rings (SSSR count). The molecule has 1 atom stereocenters. The van der Waals surface area contributed by atoms with Gasteiger partial charge in [0.25, 0.3) is 11.8 Å². The molecule has 2 N–H and O–H groups in total. The Balaban J connectivity index is 1.57.